The van der Waals surface area contributed by atoms with Gasteiger partial charge in [-0.1, -0.05) is 59.1 Å². The molecule has 1 saturated carbocycles. The Balaban J connectivity index is 2.22. The highest BCUT2D eigenvalue weighted by Gasteiger charge is 2.39. The fourth-order valence-corrected chi connectivity index (χ4v) is 4.03. The van der Waals surface area contributed by atoms with Crippen molar-refractivity contribution < 1.29 is 4.43 Å². The molecule has 0 heterocycles. The molecule has 0 spiro atoms. The Morgan fingerprint density at radius 3 is 2.24 bits per heavy atom. The Kier molecular flexibility index (Phi) is 4.58. The van der Waals surface area contributed by atoms with E-state index in [2.05, 4.69) is 65.1 Å². The van der Waals surface area contributed by atoms with Crippen molar-refractivity contribution in [2.24, 2.45) is 0 Å². The monoisotopic (exact) mass is 304 g/mol. The van der Waals surface area contributed by atoms with Crippen molar-refractivity contribution in [1.82, 2.24) is 0 Å². The van der Waals surface area contributed by atoms with Gasteiger partial charge in [0, 0.05) is 0 Å². The Bertz CT molecular complexity index is 479. The van der Waals surface area contributed by atoms with Crippen LogP contribution in [0.2, 0.25) is 18.1 Å². The van der Waals surface area contributed by atoms with Crippen LogP contribution in [0.5, 0.6) is 5.75 Å². The average molecular weight is 305 g/mol. The second-order valence-corrected chi connectivity index (χ2v) is 13.2. The minimum atomic E-state index is -1.74. The highest BCUT2D eigenvalue weighted by Crippen LogP contribution is 2.41. The van der Waals surface area contributed by atoms with Gasteiger partial charge in [0.15, 0.2) is 0 Å². The van der Waals surface area contributed by atoms with E-state index < -0.39 is 8.32 Å². The van der Waals surface area contributed by atoms with Crippen LogP contribution in [-0.2, 0) is 5.41 Å². The summed E-state index contributed by atoms with van der Waals surface area (Å²) in [6, 6.07) is 8.92. The van der Waals surface area contributed by atoms with Gasteiger partial charge >= 0.3 is 0 Å². The summed E-state index contributed by atoms with van der Waals surface area (Å²) in [4.78, 5) is 0. The van der Waals surface area contributed by atoms with Crippen LogP contribution in [0.1, 0.15) is 65.4 Å². The largest absolute Gasteiger partial charge is 0.543 e. The van der Waals surface area contributed by atoms with Crippen LogP contribution >= 0.6 is 0 Å². The van der Waals surface area contributed by atoms with Crippen LogP contribution in [0.4, 0.5) is 0 Å². The zero-order valence-corrected chi connectivity index (χ0v) is 15.8. The zero-order valence-electron chi connectivity index (χ0n) is 14.8. The van der Waals surface area contributed by atoms with Crippen LogP contribution in [0.3, 0.4) is 0 Å². The van der Waals surface area contributed by atoms with Crippen molar-refractivity contribution in [1.29, 1.82) is 0 Å². The SMILES string of the molecule is CC1(c2cccc(O[Si](C)(C)C(C)(C)C)c2)CCCCC1. The molecule has 0 radical (unpaired) electrons. The number of rotatable bonds is 3. The van der Waals surface area contributed by atoms with Gasteiger partial charge in [-0.3, -0.25) is 0 Å². The molecule has 0 atom stereocenters. The Hall–Kier alpha value is -0.763. The van der Waals surface area contributed by atoms with Gasteiger partial charge in [-0.2, -0.15) is 0 Å². The highest BCUT2D eigenvalue weighted by atomic mass is 28.4. The molecule has 1 aliphatic carbocycles. The first-order valence-electron chi connectivity index (χ1n) is 8.44. The summed E-state index contributed by atoms with van der Waals surface area (Å²) < 4.78 is 6.48. The molecule has 0 aromatic heterocycles. The quantitative estimate of drug-likeness (QED) is 0.596. The summed E-state index contributed by atoms with van der Waals surface area (Å²) in [5.74, 6) is 1.07. The third-order valence-corrected chi connectivity index (χ3v) is 10.0. The lowest BCUT2D eigenvalue weighted by Crippen LogP contribution is -2.43. The van der Waals surface area contributed by atoms with Crippen molar-refractivity contribution in [2.75, 3.05) is 0 Å². The number of hydrogen-bond donors (Lipinski definition) is 0. The lowest BCUT2D eigenvalue weighted by Gasteiger charge is -2.38. The lowest BCUT2D eigenvalue weighted by molar-refractivity contribution is 0.319. The molecule has 0 aliphatic heterocycles. The maximum atomic E-state index is 6.48. The molecule has 1 aliphatic rings. The van der Waals surface area contributed by atoms with Crippen molar-refractivity contribution in [3.05, 3.63) is 29.8 Å². The molecule has 0 unspecified atom stereocenters. The fourth-order valence-electron chi connectivity index (χ4n) is 3.00. The van der Waals surface area contributed by atoms with Crippen molar-refractivity contribution in [3.8, 4) is 5.75 Å². The first-order chi connectivity index (χ1) is 9.64. The molecule has 1 aromatic carbocycles. The van der Waals surface area contributed by atoms with E-state index in [1.54, 1.807) is 0 Å². The second-order valence-electron chi connectivity index (χ2n) is 8.51. The maximum absolute atomic E-state index is 6.48. The molecule has 1 fully saturated rings. The first-order valence-corrected chi connectivity index (χ1v) is 11.3. The van der Waals surface area contributed by atoms with Gasteiger partial charge in [0.2, 0.25) is 8.32 Å². The molecule has 1 aromatic rings. The lowest BCUT2D eigenvalue weighted by atomic mass is 9.71. The van der Waals surface area contributed by atoms with E-state index in [9.17, 15) is 0 Å². The Morgan fingerprint density at radius 2 is 1.67 bits per heavy atom. The molecule has 21 heavy (non-hydrogen) atoms. The molecular formula is C19H32OSi. The van der Waals surface area contributed by atoms with Crippen molar-refractivity contribution >= 4 is 8.32 Å². The number of hydrogen-bond acceptors (Lipinski definition) is 1. The summed E-state index contributed by atoms with van der Waals surface area (Å²) in [6.45, 7) is 14.0. The van der Waals surface area contributed by atoms with Crippen LogP contribution < -0.4 is 4.43 Å². The minimum Gasteiger partial charge on any atom is -0.543 e. The summed E-state index contributed by atoms with van der Waals surface area (Å²) >= 11 is 0. The normalized spacial score (nSPS) is 19.3. The molecule has 2 rings (SSSR count). The molecular weight excluding hydrogens is 272 g/mol. The van der Waals surface area contributed by atoms with Gasteiger partial charge in [-0.05, 0) is 54.1 Å². The molecule has 0 N–H and O–H groups in total. The van der Waals surface area contributed by atoms with E-state index in [4.69, 9.17) is 4.43 Å². The van der Waals surface area contributed by atoms with Crippen LogP contribution in [0.25, 0.3) is 0 Å². The summed E-state index contributed by atoms with van der Waals surface area (Å²) in [7, 11) is -1.74. The smallest absolute Gasteiger partial charge is 0.250 e. The van der Waals surface area contributed by atoms with E-state index in [1.165, 1.54) is 37.7 Å². The van der Waals surface area contributed by atoms with E-state index in [0.29, 0.717) is 5.41 Å². The molecule has 118 valence electrons. The van der Waals surface area contributed by atoms with Crippen molar-refractivity contribution in [3.63, 3.8) is 0 Å². The van der Waals surface area contributed by atoms with E-state index in [0.717, 1.165) is 5.75 Å². The van der Waals surface area contributed by atoms with Gasteiger partial charge in [0.05, 0.1) is 0 Å². The molecule has 0 amide bonds. The molecule has 1 nitrogen and oxygen atoms in total. The first kappa shape index (κ1) is 16.6. The van der Waals surface area contributed by atoms with Gasteiger partial charge in [0.1, 0.15) is 5.75 Å². The van der Waals surface area contributed by atoms with E-state index in [1.807, 2.05) is 0 Å². The minimum absolute atomic E-state index is 0.248. The maximum Gasteiger partial charge on any atom is 0.250 e. The van der Waals surface area contributed by atoms with Crippen LogP contribution in [0, 0.1) is 0 Å². The van der Waals surface area contributed by atoms with E-state index >= 15 is 0 Å². The Labute approximate surface area is 132 Å². The van der Waals surface area contributed by atoms with Gasteiger partial charge in [-0.25, -0.2) is 0 Å². The van der Waals surface area contributed by atoms with Gasteiger partial charge in [-0.15, -0.1) is 0 Å². The highest BCUT2D eigenvalue weighted by molar-refractivity contribution is 6.74. The van der Waals surface area contributed by atoms with Crippen LogP contribution in [0.15, 0.2) is 24.3 Å². The fraction of sp³-hybridized carbons (Fsp3) is 0.684. The third kappa shape index (κ3) is 3.71. The van der Waals surface area contributed by atoms with Crippen LogP contribution in [-0.4, -0.2) is 8.32 Å². The molecule has 2 heteroatoms. The predicted octanol–water partition coefficient (Wildman–Crippen LogP) is 6.29. The standard InChI is InChI=1S/C19H32OSi/c1-18(2,3)21(5,6)20-17-12-10-11-16(15-17)19(4)13-8-7-9-14-19/h10-12,15H,7-9,13-14H2,1-6H3. The topological polar surface area (TPSA) is 9.23 Å². The predicted molar refractivity (Wildman–Crippen MR) is 94.7 cm³/mol. The van der Waals surface area contributed by atoms with Crippen molar-refractivity contribution in [2.45, 2.75) is 83.3 Å². The zero-order chi connectivity index (χ0) is 15.7. The summed E-state index contributed by atoms with van der Waals surface area (Å²) in [5.41, 5.74) is 1.82. The average Bonchev–Trinajstić information content (AvgIpc) is 2.38. The summed E-state index contributed by atoms with van der Waals surface area (Å²) in [5, 5.41) is 0.248. The second kappa shape index (κ2) is 5.79. The van der Waals surface area contributed by atoms with Gasteiger partial charge in [0.25, 0.3) is 0 Å². The summed E-state index contributed by atoms with van der Waals surface area (Å²) in [6.07, 6.45) is 6.76. The molecule has 0 saturated heterocycles. The molecule has 0 bridgehead atoms. The number of benzene rings is 1. The Morgan fingerprint density at radius 1 is 1.05 bits per heavy atom. The third-order valence-electron chi connectivity index (χ3n) is 5.67. The van der Waals surface area contributed by atoms with Gasteiger partial charge < -0.3 is 4.43 Å². The van der Waals surface area contributed by atoms with E-state index in [-0.39, 0.29) is 5.04 Å².